The first-order valence-corrected chi connectivity index (χ1v) is 7.01. The zero-order valence-corrected chi connectivity index (χ0v) is 10.9. The SMILES string of the molecule is O=C1CCC[C@@H]2NCC[C@@H]2N1Cc1ccc(F)cc1. The van der Waals surface area contributed by atoms with Crippen molar-refractivity contribution in [1.82, 2.24) is 10.2 Å². The van der Waals surface area contributed by atoms with Crippen LogP contribution in [0.25, 0.3) is 0 Å². The molecule has 0 saturated carbocycles. The van der Waals surface area contributed by atoms with Crippen molar-refractivity contribution < 1.29 is 9.18 Å². The highest BCUT2D eigenvalue weighted by molar-refractivity contribution is 5.77. The fourth-order valence-corrected chi connectivity index (χ4v) is 3.22. The number of amides is 1. The smallest absolute Gasteiger partial charge is 0.223 e. The van der Waals surface area contributed by atoms with E-state index in [2.05, 4.69) is 5.32 Å². The summed E-state index contributed by atoms with van der Waals surface area (Å²) in [6, 6.07) is 7.20. The molecule has 3 rings (SSSR count). The summed E-state index contributed by atoms with van der Waals surface area (Å²) in [5.41, 5.74) is 1.00. The van der Waals surface area contributed by atoms with E-state index in [1.807, 2.05) is 4.90 Å². The molecule has 0 spiro atoms. The van der Waals surface area contributed by atoms with Gasteiger partial charge in [0, 0.05) is 25.0 Å². The van der Waals surface area contributed by atoms with E-state index in [9.17, 15) is 9.18 Å². The molecule has 0 radical (unpaired) electrons. The standard InChI is InChI=1S/C15H19FN2O/c16-12-6-4-11(5-7-12)10-18-14-8-9-17-13(14)2-1-3-15(18)19/h4-7,13-14,17H,1-3,8-10H2/t13-,14-/m0/s1. The van der Waals surface area contributed by atoms with Gasteiger partial charge in [-0.2, -0.15) is 0 Å². The number of hydrogen-bond acceptors (Lipinski definition) is 2. The predicted molar refractivity (Wildman–Crippen MR) is 71.0 cm³/mol. The number of nitrogens with zero attached hydrogens (tertiary/aromatic N) is 1. The molecular weight excluding hydrogens is 243 g/mol. The Labute approximate surface area is 112 Å². The predicted octanol–water partition coefficient (Wildman–Crippen LogP) is 2.07. The molecule has 0 bridgehead atoms. The molecule has 102 valence electrons. The average molecular weight is 262 g/mol. The van der Waals surface area contributed by atoms with Gasteiger partial charge in [-0.05, 0) is 43.5 Å². The van der Waals surface area contributed by atoms with Crippen molar-refractivity contribution >= 4 is 5.91 Å². The molecule has 2 saturated heterocycles. The minimum absolute atomic E-state index is 0.230. The number of carbonyl (C=O) groups excluding carboxylic acids is 1. The highest BCUT2D eigenvalue weighted by Gasteiger charge is 2.36. The van der Waals surface area contributed by atoms with Crippen LogP contribution >= 0.6 is 0 Å². The van der Waals surface area contributed by atoms with Gasteiger partial charge in [0.1, 0.15) is 5.82 Å². The monoisotopic (exact) mass is 262 g/mol. The van der Waals surface area contributed by atoms with Crippen LogP contribution in [0.2, 0.25) is 0 Å². The van der Waals surface area contributed by atoms with Gasteiger partial charge in [-0.15, -0.1) is 0 Å². The molecule has 4 heteroatoms. The average Bonchev–Trinajstić information content (AvgIpc) is 2.81. The summed E-state index contributed by atoms with van der Waals surface area (Å²) in [5, 5.41) is 3.49. The first-order valence-electron chi connectivity index (χ1n) is 7.01. The Hall–Kier alpha value is -1.42. The zero-order chi connectivity index (χ0) is 13.2. The van der Waals surface area contributed by atoms with Crippen LogP contribution in [0.4, 0.5) is 4.39 Å². The third kappa shape index (κ3) is 2.63. The number of hydrogen-bond donors (Lipinski definition) is 1. The maximum atomic E-state index is 12.9. The third-order valence-electron chi connectivity index (χ3n) is 4.20. The van der Waals surface area contributed by atoms with E-state index in [1.54, 1.807) is 12.1 Å². The maximum absolute atomic E-state index is 12.9. The fourth-order valence-electron chi connectivity index (χ4n) is 3.22. The topological polar surface area (TPSA) is 32.3 Å². The Bertz CT molecular complexity index is 460. The Morgan fingerprint density at radius 1 is 1.26 bits per heavy atom. The number of carbonyl (C=O) groups is 1. The van der Waals surface area contributed by atoms with E-state index in [0.717, 1.165) is 31.4 Å². The molecule has 0 aliphatic carbocycles. The summed E-state index contributed by atoms with van der Waals surface area (Å²) in [7, 11) is 0. The van der Waals surface area contributed by atoms with E-state index in [-0.39, 0.29) is 11.7 Å². The first-order chi connectivity index (χ1) is 9.24. The van der Waals surface area contributed by atoms with Crippen molar-refractivity contribution in [2.24, 2.45) is 0 Å². The Morgan fingerprint density at radius 3 is 2.84 bits per heavy atom. The van der Waals surface area contributed by atoms with Crippen molar-refractivity contribution in [3.63, 3.8) is 0 Å². The van der Waals surface area contributed by atoms with Gasteiger partial charge in [-0.3, -0.25) is 4.79 Å². The lowest BCUT2D eigenvalue weighted by atomic mass is 10.0. The van der Waals surface area contributed by atoms with Crippen LogP contribution in [0.5, 0.6) is 0 Å². The van der Waals surface area contributed by atoms with Gasteiger partial charge < -0.3 is 10.2 Å². The van der Waals surface area contributed by atoms with E-state index >= 15 is 0 Å². The Kier molecular flexibility index (Phi) is 3.51. The maximum Gasteiger partial charge on any atom is 0.223 e. The van der Waals surface area contributed by atoms with Crippen molar-refractivity contribution in [1.29, 1.82) is 0 Å². The van der Waals surface area contributed by atoms with Gasteiger partial charge in [0.05, 0.1) is 0 Å². The number of rotatable bonds is 2. The van der Waals surface area contributed by atoms with Gasteiger partial charge in [-0.1, -0.05) is 12.1 Å². The molecular formula is C15H19FN2O. The minimum atomic E-state index is -0.230. The van der Waals surface area contributed by atoms with Crippen LogP contribution in [0.15, 0.2) is 24.3 Å². The quantitative estimate of drug-likeness (QED) is 0.885. The van der Waals surface area contributed by atoms with Crippen LogP contribution in [0, 0.1) is 5.82 Å². The summed E-state index contributed by atoms with van der Waals surface area (Å²) in [6.07, 6.45) is 3.71. The van der Waals surface area contributed by atoms with Crippen LogP contribution in [-0.2, 0) is 11.3 Å². The molecule has 1 aromatic rings. The lowest BCUT2D eigenvalue weighted by molar-refractivity contribution is -0.133. The molecule has 1 N–H and O–H groups in total. The van der Waals surface area contributed by atoms with Gasteiger partial charge in [0.2, 0.25) is 5.91 Å². The second-order valence-electron chi connectivity index (χ2n) is 5.46. The molecule has 1 amide bonds. The lowest BCUT2D eigenvalue weighted by Gasteiger charge is -2.30. The largest absolute Gasteiger partial charge is 0.334 e. The lowest BCUT2D eigenvalue weighted by Crippen LogP contribution is -2.44. The molecule has 2 atom stereocenters. The molecule has 19 heavy (non-hydrogen) atoms. The number of halogens is 1. The number of nitrogens with one attached hydrogen (secondary N) is 1. The van der Waals surface area contributed by atoms with Crippen LogP contribution in [0.3, 0.4) is 0 Å². The second-order valence-corrected chi connectivity index (χ2v) is 5.46. The Morgan fingerprint density at radius 2 is 2.05 bits per heavy atom. The van der Waals surface area contributed by atoms with E-state index in [4.69, 9.17) is 0 Å². The molecule has 2 heterocycles. The molecule has 1 aromatic carbocycles. The molecule has 2 aliphatic heterocycles. The molecule has 0 aromatic heterocycles. The highest BCUT2D eigenvalue weighted by atomic mass is 19.1. The van der Waals surface area contributed by atoms with Gasteiger partial charge in [0.25, 0.3) is 0 Å². The Balaban J connectivity index is 1.79. The zero-order valence-electron chi connectivity index (χ0n) is 10.9. The normalized spacial score (nSPS) is 27.2. The van der Waals surface area contributed by atoms with Crippen molar-refractivity contribution in [2.75, 3.05) is 6.54 Å². The summed E-state index contributed by atoms with van der Waals surface area (Å²) >= 11 is 0. The summed E-state index contributed by atoms with van der Waals surface area (Å²) in [6.45, 7) is 1.59. The first kappa shape index (κ1) is 12.6. The van der Waals surface area contributed by atoms with Crippen LogP contribution in [0.1, 0.15) is 31.2 Å². The number of fused-ring (bicyclic) bond motifs is 1. The third-order valence-corrected chi connectivity index (χ3v) is 4.20. The number of likely N-dealkylation sites (tertiary alicyclic amines) is 1. The van der Waals surface area contributed by atoms with Crippen LogP contribution in [-0.4, -0.2) is 29.4 Å². The molecule has 2 fully saturated rings. The second kappa shape index (κ2) is 5.29. The van der Waals surface area contributed by atoms with Gasteiger partial charge in [0.15, 0.2) is 0 Å². The molecule has 3 nitrogen and oxygen atoms in total. The minimum Gasteiger partial charge on any atom is -0.334 e. The fraction of sp³-hybridized carbons (Fsp3) is 0.533. The summed E-state index contributed by atoms with van der Waals surface area (Å²) < 4.78 is 12.9. The molecule has 2 aliphatic rings. The van der Waals surface area contributed by atoms with Gasteiger partial charge >= 0.3 is 0 Å². The van der Waals surface area contributed by atoms with Gasteiger partial charge in [-0.25, -0.2) is 4.39 Å². The van der Waals surface area contributed by atoms with Crippen molar-refractivity contribution in [2.45, 2.75) is 44.3 Å². The summed E-state index contributed by atoms with van der Waals surface area (Å²) in [4.78, 5) is 14.2. The van der Waals surface area contributed by atoms with Crippen LogP contribution < -0.4 is 5.32 Å². The van der Waals surface area contributed by atoms with E-state index in [0.29, 0.717) is 25.0 Å². The highest BCUT2D eigenvalue weighted by Crippen LogP contribution is 2.26. The van der Waals surface area contributed by atoms with E-state index < -0.39 is 0 Å². The van der Waals surface area contributed by atoms with E-state index in [1.165, 1.54) is 12.1 Å². The number of benzene rings is 1. The van der Waals surface area contributed by atoms with Crippen molar-refractivity contribution in [3.8, 4) is 0 Å². The summed E-state index contributed by atoms with van der Waals surface area (Å²) in [5.74, 6) is 0.00637. The van der Waals surface area contributed by atoms with Crippen molar-refractivity contribution in [3.05, 3.63) is 35.6 Å². The molecule has 0 unspecified atom stereocenters.